The Balaban J connectivity index is 1.44. The van der Waals surface area contributed by atoms with E-state index in [4.69, 9.17) is 4.98 Å². The zero-order valence-electron chi connectivity index (χ0n) is 15.9. The van der Waals surface area contributed by atoms with Crippen LogP contribution in [-0.2, 0) is 19.6 Å². The van der Waals surface area contributed by atoms with E-state index < -0.39 is 0 Å². The minimum atomic E-state index is 0.474. The molecule has 1 N–H and O–H groups in total. The summed E-state index contributed by atoms with van der Waals surface area (Å²) in [7, 11) is 0. The van der Waals surface area contributed by atoms with Crippen molar-refractivity contribution in [1.82, 2.24) is 24.8 Å². The normalized spacial score (nSPS) is 22.8. The monoisotopic (exact) mass is 353 g/mol. The van der Waals surface area contributed by atoms with E-state index in [1.54, 1.807) is 0 Å². The van der Waals surface area contributed by atoms with E-state index in [9.17, 15) is 0 Å². The summed E-state index contributed by atoms with van der Waals surface area (Å²) >= 11 is 0. The number of piperidine rings is 1. The number of aromatic nitrogens is 3. The number of pyridine rings is 1. The van der Waals surface area contributed by atoms with E-state index in [0.29, 0.717) is 6.04 Å². The summed E-state index contributed by atoms with van der Waals surface area (Å²) in [6, 6.07) is 4.82. The number of unbranched alkanes of at least 4 members (excludes halogenated alkanes) is 1. The standard InChI is InChI=1S/C21H31N5/c1-2-3-10-22-15-25-13-19(24-16-25)14-26-12-5-7-18-9-8-17-6-4-11-23-20(17)21(18)26/h4,6,11,13,16,18,21-22H,2-3,5,7-10,12,14-15H2,1H3. The van der Waals surface area contributed by atoms with Gasteiger partial charge in [0, 0.05) is 18.9 Å². The molecule has 2 unspecified atom stereocenters. The lowest BCUT2D eigenvalue weighted by molar-refractivity contribution is 0.0686. The molecule has 2 aromatic heterocycles. The fourth-order valence-corrected chi connectivity index (χ4v) is 4.59. The summed E-state index contributed by atoms with van der Waals surface area (Å²) in [6.07, 6.45) is 13.7. The van der Waals surface area contributed by atoms with Crippen molar-refractivity contribution in [3.05, 3.63) is 47.8 Å². The van der Waals surface area contributed by atoms with Gasteiger partial charge in [0.05, 0.1) is 30.4 Å². The second-order valence-electron chi connectivity index (χ2n) is 7.79. The zero-order chi connectivity index (χ0) is 17.8. The van der Waals surface area contributed by atoms with Gasteiger partial charge in [-0.05, 0) is 62.7 Å². The molecular formula is C21H31N5. The highest BCUT2D eigenvalue weighted by Crippen LogP contribution is 2.43. The van der Waals surface area contributed by atoms with Crippen LogP contribution in [0.5, 0.6) is 0 Å². The van der Waals surface area contributed by atoms with E-state index in [0.717, 1.165) is 32.2 Å². The fourth-order valence-electron chi connectivity index (χ4n) is 4.59. The van der Waals surface area contributed by atoms with Gasteiger partial charge in [-0.3, -0.25) is 15.2 Å². The summed E-state index contributed by atoms with van der Waals surface area (Å²) in [4.78, 5) is 12.1. The molecule has 2 atom stereocenters. The Kier molecular flexibility index (Phi) is 5.65. The van der Waals surface area contributed by atoms with Gasteiger partial charge in [-0.1, -0.05) is 19.4 Å². The fraction of sp³-hybridized carbons (Fsp3) is 0.619. The first-order valence-corrected chi connectivity index (χ1v) is 10.2. The van der Waals surface area contributed by atoms with Gasteiger partial charge in [-0.2, -0.15) is 0 Å². The summed E-state index contributed by atoms with van der Waals surface area (Å²) in [5.41, 5.74) is 3.95. The maximum absolute atomic E-state index is 4.78. The van der Waals surface area contributed by atoms with Crippen molar-refractivity contribution < 1.29 is 0 Å². The number of aryl methyl sites for hydroxylation is 1. The van der Waals surface area contributed by atoms with Crippen molar-refractivity contribution in [2.75, 3.05) is 13.1 Å². The van der Waals surface area contributed by atoms with Gasteiger partial charge < -0.3 is 4.57 Å². The quantitative estimate of drug-likeness (QED) is 0.774. The summed E-state index contributed by atoms with van der Waals surface area (Å²) in [5, 5.41) is 3.48. The van der Waals surface area contributed by atoms with Crippen LogP contribution in [0, 0.1) is 5.92 Å². The van der Waals surface area contributed by atoms with Crippen LogP contribution in [0.2, 0.25) is 0 Å². The molecule has 5 nitrogen and oxygen atoms in total. The number of likely N-dealkylation sites (tertiary alicyclic amines) is 1. The Bertz CT molecular complexity index is 710. The second kappa shape index (κ2) is 8.31. The molecule has 1 aliphatic heterocycles. The van der Waals surface area contributed by atoms with E-state index in [-0.39, 0.29) is 0 Å². The molecule has 1 saturated heterocycles. The van der Waals surface area contributed by atoms with E-state index in [2.05, 4.69) is 45.0 Å². The van der Waals surface area contributed by atoms with Crippen molar-refractivity contribution in [3.63, 3.8) is 0 Å². The predicted molar refractivity (Wildman–Crippen MR) is 104 cm³/mol. The Morgan fingerprint density at radius 2 is 2.23 bits per heavy atom. The molecular weight excluding hydrogens is 322 g/mol. The molecule has 3 heterocycles. The van der Waals surface area contributed by atoms with E-state index >= 15 is 0 Å². The highest BCUT2D eigenvalue weighted by Gasteiger charge is 2.37. The van der Waals surface area contributed by atoms with Crippen LogP contribution in [0.25, 0.3) is 0 Å². The van der Waals surface area contributed by atoms with Crippen LogP contribution in [0.15, 0.2) is 30.9 Å². The summed E-state index contributed by atoms with van der Waals surface area (Å²) < 4.78 is 2.17. The molecule has 0 radical (unpaired) electrons. The first-order chi connectivity index (χ1) is 12.8. The van der Waals surface area contributed by atoms with Crippen LogP contribution >= 0.6 is 0 Å². The molecule has 5 heteroatoms. The van der Waals surface area contributed by atoms with E-state index in [1.165, 1.54) is 55.5 Å². The van der Waals surface area contributed by atoms with Crippen molar-refractivity contribution in [2.45, 2.75) is 64.7 Å². The molecule has 140 valence electrons. The topological polar surface area (TPSA) is 46.0 Å². The van der Waals surface area contributed by atoms with Crippen molar-refractivity contribution in [2.24, 2.45) is 5.92 Å². The summed E-state index contributed by atoms with van der Waals surface area (Å²) in [5.74, 6) is 0.754. The van der Waals surface area contributed by atoms with Crippen molar-refractivity contribution in [1.29, 1.82) is 0 Å². The first kappa shape index (κ1) is 17.7. The molecule has 0 amide bonds. The van der Waals surface area contributed by atoms with Gasteiger partial charge in [0.2, 0.25) is 0 Å². The van der Waals surface area contributed by atoms with Crippen molar-refractivity contribution in [3.8, 4) is 0 Å². The van der Waals surface area contributed by atoms with E-state index in [1.807, 2.05) is 12.5 Å². The Labute approximate surface area is 156 Å². The summed E-state index contributed by atoms with van der Waals surface area (Å²) in [6.45, 7) is 6.23. The average molecular weight is 354 g/mol. The highest BCUT2D eigenvalue weighted by atomic mass is 15.2. The van der Waals surface area contributed by atoms with Crippen LogP contribution in [-0.4, -0.2) is 32.5 Å². The Morgan fingerprint density at radius 3 is 3.15 bits per heavy atom. The number of hydrogen-bond acceptors (Lipinski definition) is 4. The van der Waals surface area contributed by atoms with Gasteiger partial charge in [0.1, 0.15) is 0 Å². The first-order valence-electron chi connectivity index (χ1n) is 10.2. The number of hydrogen-bond donors (Lipinski definition) is 1. The van der Waals surface area contributed by atoms with Crippen LogP contribution < -0.4 is 5.32 Å². The molecule has 0 aromatic carbocycles. The molecule has 26 heavy (non-hydrogen) atoms. The lowest BCUT2D eigenvalue weighted by Crippen LogP contribution is -2.41. The van der Waals surface area contributed by atoms with Gasteiger partial charge in [-0.15, -0.1) is 0 Å². The smallest absolute Gasteiger partial charge is 0.0960 e. The van der Waals surface area contributed by atoms with Crippen LogP contribution in [0.3, 0.4) is 0 Å². The zero-order valence-corrected chi connectivity index (χ0v) is 15.9. The third-order valence-corrected chi connectivity index (χ3v) is 5.90. The minimum absolute atomic E-state index is 0.474. The molecule has 2 aliphatic rings. The predicted octanol–water partition coefficient (Wildman–Crippen LogP) is 3.52. The maximum Gasteiger partial charge on any atom is 0.0960 e. The van der Waals surface area contributed by atoms with Crippen LogP contribution in [0.4, 0.5) is 0 Å². The number of rotatable bonds is 7. The number of nitrogens with zero attached hydrogens (tertiary/aromatic N) is 4. The maximum atomic E-state index is 4.78. The Hall–Kier alpha value is -1.72. The van der Waals surface area contributed by atoms with Crippen LogP contribution in [0.1, 0.15) is 62.0 Å². The number of imidazole rings is 1. The third kappa shape index (κ3) is 3.84. The van der Waals surface area contributed by atoms with Gasteiger partial charge in [0.15, 0.2) is 0 Å². The molecule has 0 saturated carbocycles. The van der Waals surface area contributed by atoms with Gasteiger partial charge in [-0.25, -0.2) is 4.98 Å². The SMILES string of the molecule is CCCCNCn1cnc(CN2CCCC3CCc4cccnc4C32)c1. The van der Waals surface area contributed by atoms with Gasteiger partial charge in [0.25, 0.3) is 0 Å². The molecule has 1 aliphatic carbocycles. The average Bonchev–Trinajstić information content (AvgIpc) is 3.12. The largest absolute Gasteiger partial charge is 0.324 e. The lowest BCUT2D eigenvalue weighted by Gasteiger charge is -2.44. The third-order valence-electron chi connectivity index (χ3n) is 5.90. The second-order valence-corrected chi connectivity index (χ2v) is 7.79. The molecule has 1 fully saturated rings. The minimum Gasteiger partial charge on any atom is -0.324 e. The molecule has 2 aromatic rings. The van der Waals surface area contributed by atoms with Gasteiger partial charge >= 0.3 is 0 Å². The number of fused-ring (bicyclic) bond motifs is 3. The van der Waals surface area contributed by atoms with Crippen molar-refractivity contribution >= 4 is 0 Å². The Morgan fingerprint density at radius 1 is 1.27 bits per heavy atom. The molecule has 0 bridgehead atoms. The number of nitrogens with one attached hydrogen (secondary N) is 1. The highest BCUT2D eigenvalue weighted by molar-refractivity contribution is 5.27. The molecule has 0 spiro atoms. The molecule has 4 rings (SSSR count). The lowest BCUT2D eigenvalue weighted by atomic mass is 9.77.